The summed E-state index contributed by atoms with van der Waals surface area (Å²) in [5.41, 5.74) is 1.30. The van der Waals surface area contributed by atoms with Crippen molar-refractivity contribution in [3.05, 3.63) is 36.3 Å². The Balaban J connectivity index is 2.83. The standard InChI is InChI=1S/C10H8N2O/c1-7(13)10-8-3-2-5-11-9(8)4-6-12-10/h2-6H,1H3. The van der Waals surface area contributed by atoms with Gasteiger partial charge in [-0.1, -0.05) is 0 Å². The van der Waals surface area contributed by atoms with E-state index >= 15 is 0 Å². The first kappa shape index (κ1) is 7.86. The average Bonchev–Trinajstić information content (AvgIpc) is 2.17. The Hall–Kier alpha value is -1.77. The lowest BCUT2D eigenvalue weighted by molar-refractivity contribution is 0.101. The number of carbonyl (C=O) groups excluding carboxylic acids is 1. The molecule has 0 N–H and O–H groups in total. The number of Topliss-reactive ketones (excluding diaryl/α,β-unsaturated/α-hetero) is 1. The van der Waals surface area contributed by atoms with Crippen molar-refractivity contribution in [2.45, 2.75) is 6.92 Å². The summed E-state index contributed by atoms with van der Waals surface area (Å²) in [5.74, 6) is -0.0291. The van der Waals surface area contributed by atoms with Crippen molar-refractivity contribution in [2.24, 2.45) is 0 Å². The number of rotatable bonds is 1. The summed E-state index contributed by atoms with van der Waals surface area (Å²) in [6.45, 7) is 1.51. The molecule has 64 valence electrons. The molecule has 0 saturated heterocycles. The molecule has 2 heterocycles. The Morgan fingerprint density at radius 3 is 2.85 bits per heavy atom. The van der Waals surface area contributed by atoms with Gasteiger partial charge in [0.15, 0.2) is 5.78 Å². The van der Waals surface area contributed by atoms with Crippen LogP contribution in [0.5, 0.6) is 0 Å². The summed E-state index contributed by atoms with van der Waals surface area (Å²) in [7, 11) is 0. The Morgan fingerprint density at radius 2 is 2.08 bits per heavy atom. The third-order valence-electron chi connectivity index (χ3n) is 1.86. The molecule has 2 aromatic heterocycles. The van der Waals surface area contributed by atoms with Gasteiger partial charge in [-0.2, -0.15) is 0 Å². The van der Waals surface area contributed by atoms with Crippen molar-refractivity contribution in [3.8, 4) is 0 Å². The van der Waals surface area contributed by atoms with E-state index in [2.05, 4.69) is 9.97 Å². The molecular weight excluding hydrogens is 164 g/mol. The van der Waals surface area contributed by atoms with Gasteiger partial charge in [0.25, 0.3) is 0 Å². The lowest BCUT2D eigenvalue weighted by Gasteiger charge is -1.99. The zero-order chi connectivity index (χ0) is 9.26. The number of aromatic nitrogens is 2. The summed E-state index contributed by atoms with van der Waals surface area (Å²) in [6, 6.07) is 5.45. The van der Waals surface area contributed by atoms with Crippen LogP contribution in [-0.2, 0) is 0 Å². The zero-order valence-electron chi connectivity index (χ0n) is 7.19. The molecule has 0 atom stereocenters. The molecule has 0 spiro atoms. The van der Waals surface area contributed by atoms with Gasteiger partial charge < -0.3 is 0 Å². The van der Waals surface area contributed by atoms with E-state index in [1.54, 1.807) is 24.5 Å². The predicted octanol–water partition coefficient (Wildman–Crippen LogP) is 1.83. The summed E-state index contributed by atoms with van der Waals surface area (Å²) in [6.07, 6.45) is 3.30. The first-order valence-corrected chi connectivity index (χ1v) is 4.00. The van der Waals surface area contributed by atoms with Gasteiger partial charge in [0.2, 0.25) is 0 Å². The van der Waals surface area contributed by atoms with Crippen LogP contribution in [-0.4, -0.2) is 15.8 Å². The van der Waals surface area contributed by atoms with Crippen molar-refractivity contribution in [2.75, 3.05) is 0 Å². The van der Waals surface area contributed by atoms with Crippen LogP contribution >= 0.6 is 0 Å². The monoisotopic (exact) mass is 172 g/mol. The number of pyridine rings is 2. The molecule has 0 unspecified atom stereocenters. The number of hydrogen-bond donors (Lipinski definition) is 0. The summed E-state index contributed by atoms with van der Waals surface area (Å²) >= 11 is 0. The lowest BCUT2D eigenvalue weighted by atomic mass is 10.1. The molecule has 2 aromatic rings. The molecule has 13 heavy (non-hydrogen) atoms. The quantitative estimate of drug-likeness (QED) is 0.616. The maximum absolute atomic E-state index is 11.2. The second-order valence-corrected chi connectivity index (χ2v) is 2.79. The van der Waals surface area contributed by atoms with Gasteiger partial charge in [-0.3, -0.25) is 14.8 Å². The molecule has 0 fully saturated rings. The van der Waals surface area contributed by atoms with E-state index in [9.17, 15) is 4.79 Å². The maximum Gasteiger partial charge on any atom is 0.178 e. The highest BCUT2D eigenvalue weighted by molar-refractivity contribution is 6.04. The molecule has 2 rings (SSSR count). The van der Waals surface area contributed by atoms with Crippen LogP contribution in [0.15, 0.2) is 30.6 Å². The van der Waals surface area contributed by atoms with Crippen LogP contribution in [0, 0.1) is 0 Å². The molecule has 0 radical (unpaired) electrons. The van der Waals surface area contributed by atoms with E-state index < -0.39 is 0 Å². The van der Waals surface area contributed by atoms with Gasteiger partial charge in [-0.15, -0.1) is 0 Å². The van der Waals surface area contributed by atoms with Crippen LogP contribution < -0.4 is 0 Å². The highest BCUT2D eigenvalue weighted by Gasteiger charge is 2.05. The minimum absolute atomic E-state index is 0.0291. The van der Waals surface area contributed by atoms with Crippen LogP contribution in [0.25, 0.3) is 10.9 Å². The average molecular weight is 172 g/mol. The topological polar surface area (TPSA) is 42.9 Å². The normalized spacial score (nSPS) is 10.2. The van der Waals surface area contributed by atoms with Crippen LogP contribution in [0.4, 0.5) is 0 Å². The molecule has 0 bridgehead atoms. The SMILES string of the molecule is CC(=O)c1nccc2ncccc12. The molecule has 0 saturated carbocycles. The molecular formula is C10H8N2O. The minimum Gasteiger partial charge on any atom is -0.293 e. The largest absolute Gasteiger partial charge is 0.293 e. The Morgan fingerprint density at radius 1 is 1.23 bits per heavy atom. The second kappa shape index (κ2) is 2.94. The summed E-state index contributed by atoms with van der Waals surface area (Å²) < 4.78 is 0. The highest BCUT2D eigenvalue weighted by atomic mass is 16.1. The fraction of sp³-hybridized carbons (Fsp3) is 0.100. The van der Waals surface area contributed by atoms with Crippen molar-refractivity contribution >= 4 is 16.7 Å². The number of hydrogen-bond acceptors (Lipinski definition) is 3. The van der Waals surface area contributed by atoms with E-state index in [0.717, 1.165) is 10.9 Å². The number of ketones is 1. The van der Waals surface area contributed by atoms with Crippen molar-refractivity contribution in [1.29, 1.82) is 0 Å². The third-order valence-corrected chi connectivity index (χ3v) is 1.86. The van der Waals surface area contributed by atoms with Crippen molar-refractivity contribution < 1.29 is 4.79 Å². The summed E-state index contributed by atoms with van der Waals surface area (Å²) in [5, 5.41) is 0.817. The van der Waals surface area contributed by atoms with E-state index in [0.29, 0.717) is 5.69 Å². The number of nitrogens with zero attached hydrogens (tertiary/aromatic N) is 2. The fourth-order valence-electron chi connectivity index (χ4n) is 1.28. The Labute approximate surface area is 75.4 Å². The highest BCUT2D eigenvalue weighted by Crippen LogP contribution is 2.13. The second-order valence-electron chi connectivity index (χ2n) is 2.79. The van der Waals surface area contributed by atoms with Gasteiger partial charge in [0.05, 0.1) is 5.52 Å². The molecule has 3 heteroatoms. The van der Waals surface area contributed by atoms with Gasteiger partial charge >= 0.3 is 0 Å². The molecule has 0 aliphatic rings. The van der Waals surface area contributed by atoms with Crippen LogP contribution in [0.1, 0.15) is 17.4 Å². The molecule has 3 nitrogen and oxygen atoms in total. The van der Waals surface area contributed by atoms with E-state index in [1.807, 2.05) is 6.07 Å². The first-order chi connectivity index (χ1) is 6.29. The third kappa shape index (κ3) is 1.28. The smallest absolute Gasteiger partial charge is 0.178 e. The van der Waals surface area contributed by atoms with Gasteiger partial charge in [0, 0.05) is 24.7 Å². The molecule has 0 aliphatic carbocycles. The molecule has 0 amide bonds. The Bertz CT molecular complexity index is 460. The van der Waals surface area contributed by atoms with Gasteiger partial charge in [0.1, 0.15) is 5.69 Å². The van der Waals surface area contributed by atoms with E-state index in [1.165, 1.54) is 6.92 Å². The van der Waals surface area contributed by atoms with E-state index in [-0.39, 0.29) is 5.78 Å². The van der Waals surface area contributed by atoms with Crippen molar-refractivity contribution in [1.82, 2.24) is 9.97 Å². The zero-order valence-corrected chi connectivity index (χ0v) is 7.19. The predicted molar refractivity (Wildman–Crippen MR) is 49.5 cm³/mol. The first-order valence-electron chi connectivity index (χ1n) is 4.00. The van der Waals surface area contributed by atoms with Crippen LogP contribution in [0.2, 0.25) is 0 Å². The Kier molecular flexibility index (Phi) is 1.77. The lowest BCUT2D eigenvalue weighted by Crippen LogP contribution is -1.97. The van der Waals surface area contributed by atoms with Crippen LogP contribution in [0.3, 0.4) is 0 Å². The minimum atomic E-state index is -0.0291. The van der Waals surface area contributed by atoms with Crippen molar-refractivity contribution in [3.63, 3.8) is 0 Å². The summed E-state index contributed by atoms with van der Waals surface area (Å²) in [4.78, 5) is 19.3. The van der Waals surface area contributed by atoms with Gasteiger partial charge in [-0.05, 0) is 18.2 Å². The van der Waals surface area contributed by atoms with Gasteiger partial charge in [-0.25, -0.2) is 0 Å². The number of carbonyl (C=O) groups is 1. The number of fused-ring (bicyclic) bond motifs is 1. The molecule has 0 aromatic carbocycles. The maximum atomic E-state index is 11.2. The molecule has 0 aliphatic heterocycles. The van der Waals surface area contributed by atoms with E-state index in [4.69, 9.17) is 0 Å². The fourth-order valence-corrected chi connectivity index (χ4v) is 1.28.